The molecule has 0 aromatic carbocycles. The molecular weight excluding hydrogens is 317 g/mol. The Hall–Kier alpha value is -1.83. The van der Waals surface area contributed by atoms with E-state index in [2.05, 4.69) is 10.3 Å². The number of alkyl halides is 3. The van der Waals surface area contributed by atoms with E-state index in [-0.39, 0.29) is 27.8 Å². The minimum Gasteiger partial charge on any atom is -0.474 e. The van der Waals surface area contributed by atoms with E-state index in [1.807, 2.05) is 6.42 Å². The van der Waals surface area contributed by atoms with Crippen LogP contribution in [-0.2, 0) is 6.18 Å². The van der Waals surface area contributed by atoms with E-state index in [0.717, 1.165) is 17.4 Å². The van der Waals surface area contributed by atoms with E-state index in [1.165, 1.54) is 12.4 Å². The highest BCUT2D eigenvalue weighted by atomic mass is 32.1. The number of carbonyl (C=O) groups excluding carboxylic acids is 1. The molecule has 1 aliphatic rings. The largest absolute Gasteiger partial charge is 0.474 e. The molecule has 2 heterocycles. The Morgan fingerprint density at radius 1 is 1.45 bits per heavy atom. The zero-order chi connectivity index (χ0) is 15.9. The van der Waals surface area contributed by atoms with E-state index in [4.69, 9.17) is 4.74 Å². The number of rotatable bonds is 3. The second kappa shape index (κ2) is 5.42. The fourth-order valence-corrected chi connectivity index (χ4v) is 3.14. The number of amides is 1. The maximum absolute atomic E-state index is 13.2. The first-order valence-corrected chi connectivity index (χ1v) is 7.48. The Morgan fingerprint density at radius 2 is 2.18 bits per heavy atom. The zero-order valence-electron chi connectivity index (χ0n) is 11.5. The van der Waals surface area contributed by atoms with Gasteiger partial charge in [-0.3, -0.25) is 4.79 Å². The van der Waals surface area contributed by atoms with Gasteiger partial charge in [0.25, 0.3) is 5.91 Å². The molecule has 0 bridgehead atoms. The summed E-state index contributed by atoms with van der Waals surface area (Å²) in [5.41, 5.74) is -0.674. The van der Waals surface area contributed by atoms with Crippen LogP contribution in [0.2, 0.25) is 0 Å². The van der Waals surface area contributed by atoms with Gasteiger partial charge in [0.15, 0.2) is 0 Å². The van der Waals surface area contributed by atoms with Crippen molar-refractivity contribution in [2.45, 2.75) is 25.1 Å². The molecule has 117 valence electrons. The van der Waals surface area contributed by atoms with Crippen molar-refractivity contribution >= 4 is 27.5 Å². The quantitative estimate of drug-likeness (QED) is 0.939. The molecular formula is C14H12F3N2O2S. The van der Waals surface area contributed by atoms with Crippen LogP contribution < -0.4 is 10.1 Å². The first-order chi connectivity index (χ1) is 10.4. The summed E-state index contributed by atoms with van der Waals surface area (Å²) < 4.78 is 45.1. The van der Waals surface area contributed by atoms with Gasteiger partial charge in [-0.15, -0.1) is 11.3 Å². The molecule has 0 unspecified atom stereocenters. The van der Waals surface area contributed by atoms with Crippen molar-refractivity contribution in [3.8, 4) is 5.88 Å². The molecule has 1 radical (unpaired) electrons. The van der Waals surface area contributed by atoms with Crippen LogP contribution in [0.4, 0.5) is 13.2 Å². The predicted octanol–water partition coefficient (Wildman–Crippen LogP) is 3.42. The Bertz CT molecular complexity index is 723. The highest BCUT2D eigenvalue weighted by Crippen LogP contribution is 2.40. The summed E-state index contributed by atoms with van der Waals surface area (Å²) in [6.07, 6.45) is -1.32. The Morgan fingerprint density at radius 3 is 2.73 bits per heavy atom. The molecule has 4 nitrogen and oxygen atoms in total. The van der Waals surface area contributed by atoms with Crippen LogP contribution in [0.1, 0.15) is 28.8 Å². The van der Waals surface area contributed by atoms with Gasteiger partial charge >= 0.3 is 6.18 Å². The highest BCUT2D eigenvalue weighted by Gasteiger charge is 2.36. The topological polar surface area (TPSA) is 51.2 Å². The molecule has 0 atom stereocenters. The number of nitrogens with one attached hydrogen (secondary N) is 1. The lowest BCUT2D eigenvalue weighted by molar-refractivity contribution is -0.136. The van der Waals surface area contributed by atoms with Crippen LogP contribution in [0.3, 0.4) is 0 Å². The van der Waals surface area contributed by atoms with Crippen LogP contribution in [0.25, 0.3) is 10.2 Å². The fourth-order valence-electron chi connectivity index (χ4n) is 2.12. The van der Waals surface area contributed by atoms with Gasteiger partial charge in [0.05, 0.1) is 21.3 Å². The van der Waals surface area contributed by atoms with Crippen molar-refractivity contribution in [3.05, 3.63) is 29.0 Å². The lowest BCUT2D eigenvalue weighted by atomic mass is 9.96. The van der Waals surface area contributed by atoms with Gasteiger partial charge < -0.3 is 10.1 Å². The van der Waals surface area contributed by atoms with Gasteiger partial charge in [0.1, 0.15) is 6.10 Å². The second-order valence-electron chi connectivity index (χ2n) is 4.91. The van der Waals surface area contributed by atoms with E-state index >= 15 is 0 Å². The molecule has 3 rings (SSSR count). The Kier molecular flexibility index (Phi) is 3.72. The number of nitrogens with zero attached hydrogens (tertiary/aromatic N) is 1. The fraction of sp³-hybridized carbons (Fsp3) is 0.357. The maximum Gasteiger partial charge on any atom is 0.418 e. The SMILES string of the molecule is CNC(=O)c1csc2c(C(F)(F)F)cc(OC3C[CH]C3)nc12. The molecule has 8 heteroatoms. The number of thiophene rings is 1. The van der Waals surface area contributed by atoms with Crippen LogP contribution in [0, 0.1) is 6.42 Å². The van der Waals surface area contributed by atoms with Gasteiger partial charge in [-0.05, 0) is 19.3 Å². The lowest BCUT2D eigenvalue weighted by Crippen LogP contribution is -2.26. The van der Waals surface area contributed by atoms with Crippen LogP contribution >= 0.6 is 11.3 Å². The van der Waals surface area contributed by atoms with Gasteiger partial charge in [0.2, 0.25) is 5.88 Å². The summed E-state index contributed by atoms with van der Waals surface area (Å²) >= 11 is 0.853. The van der Waals surface area contributed by atoms with Crippen LogP contribution in [-0.4, -0.2) is 24.0 Å². The molecule has 1 aliphatic carbocycles. The third-order valence-electron chi connectivity index (χ3n) is 3.42. The first kappa shape index (κ1) is 15.1. The van der Waals surface area contributed by atoms with E-state index < -0.39 is 17.6 Å². The van der Waals surface area contributed by atoms with Crippen LogP contribution in [0.5, 0.6) is 5.88 Å². The third-order valence-corrected chi connectivity index (χ3v) is 4.43. The molecule has 22 heavy (non-hydrogen) atoms. The van der Waals surface area contributed by atoms with Crippen molar-refractivity contribution < 1.29 is 22.7 Å². The zero-order valence-corrected chi connectivity index (χ0v) is 12.3. The summed E-state index contributed by atoms with van der Waals surface area (Å²) in [5, 5.41) is 3.78. The number of aromatic nitrogens is 1. The molecule has 0 aliphatic heterocycles. The standard InChI is InChI=1S/C14H12F3N2O2S/c1-18-13(20)8-6-22-12-9(14(15,16)17)5-10(19-11(8)12)21-7-3-2-4-7/h2,5-7H,3-4H2,1H3,(H,18,20). The van der Waals surface area contributed by atoms with Crippen molar-refractivity contribution in [1.29, 1.82) is 0 Å². The highest BCUT2D eigenvalue weighted by molar-refractivity contribution is 7.17. The van der Waals surface area contributed by atoms with E-state index in [1.54, 1.807) is 0 Å². The molecule has 1 amide bonds. The molecule has 0 saturated heterocycles. The summed E-state index contributed by atoms with van der Waals surface area (Å²) in [7, 11) is 1.42. The van der Waals surface area contributed by atoms with E-state index in [0.29, 0.717) is 12.8 Å². The summed E-state index contributed by atoms with van der Waals surface area (Å²) in [6, 6.07) is 0.908. The van der Waals surface area contributed by atoms with E-state index in [9.17, 15) is 18.0 Å². The number of fused-ring (bicyclic) bond motifs is 1. The molecule has 2 aromatic rings. The first-order valence-electron chi connectivity index (χ1n) is 6.60. The second-order valence-corrected chi connectivity index (χ2v) is 5.79. The number of hydrogen-bond donors (Lipinski definition) is 1. The van der Waals surface area contributed by atoms with Crippen molar-refractivity contribution in [1.82, 2.24) is 10.3 Å². The lowest BCUT2D eigenvalue weighted by Gasteiger charge is -2.25. The molecule has 1 fully saturated rings. The smallest absolute Gasteiger partial charge is 0.418 e. The number of hydrogen-bond acceptors (Lipinski definition) is 4. The van der Waals surface area contributed by atoms with Crippen molar-refractivity contribution in [2.24, 2.45) is 0 Å². The van der Waals surface area contributed by atoms with Gasteiger partial charge in [-0.25, -0.2) is 4.98 Å². The number of pyridine rings is 1. The minimum absolute atomic E-state index is 0.0254. The Balaban J connectivity index is 2.14. The maximum atomic E-state index is 13.2. The van der Waals surface area contributed by atoms with Gasteiger partial charge in [-0.1, -0.05) is 0 Å². The number of carbonyl (C=O) groups is 1. The normalized spacial score (nSPS) is 15.6. The average Bonchev–Trinajstić information content (AvgIpc) is 2.83. The van der Waals surface area contributed by atoms with Gasteiger partial charge in [-0.2, -0.15) is 13.2 Å². The molecule has 2 aromatic heterocycles. The summed E-state index contributed by atoms with van der Waals surface area (Å²) in [4.78, 5) is 15.9. The van der Waals surface area contributed by atoms with Gasteiger partial charge in [0, 0.05) is 18.5 Å². The number of halogens is 3. The number of ether oxygens (including phenoxy) is 1. The monoisotopic (exact) mass is 329 g/mol. The Labute approximate surface area is 128 Å². The van der Waals surface area contributed by atoms with Crippen molar-refractivity contribution in [3.63, 3.8) is 0 Å². The minimum atomic E-state index is -4.53. The molecule has 1 saturated carbocycles. The molecule has 1 N–H and O–H groups in total. The van der Waals surface area contributed by atoms with Crippen molar-refractivity contribution in [2.75, 3.05) is 7.05 Å². The summed E-state index contributed by atoms with van der Waals surface area (Å²) in [5.74, 6) is -0.567. The molecule has 0 spiro atoms. The third kappa shape index (κ3) is 2.63. The summed E-state index contributed by atoms with van der Waals surface area (Å²) in [6.45, 7) is 0. The predicted molar refractivity (Wildman–Crippen MR) is 76.0 cm³/mol. The average molecular weight is 329 g/mol. The van der Waals surface area contributed by atoms with Crippen LogP contribution in [0.15, 0.2) is 11.4 Å².